The van der Waals surface area contributed by atoms with Crippen molar-refractivity contribution in [1.82, 2.24) is 9.55 Å². The fourth-order valence-corrected chi connectivity index (χ4v) is 2.34. The number of Topliss-reactive ketones (excluding diaryl/α,β-unsaturated/α-hetero) is 1. The molecule has 3 N–H and O–H groups in total. The number of methoxy groups -OCH3 is 1. The minimum atomic E-state index is -0.915. The molecule has 1 aromatic heterocycles. The fourth-order valence-electron chi connectivity index (χ4n) is 2.34. The summed E-state index contributed by atoms with van der Waals surface area (Å²) in [5, 5.41) is 0. The van der Waals surface area contributed by atoms with Crippen molar-refractivity contribution in [2.75, 3.05) is 19.5 Å². The summed E-state index contributed by atoms with van der Waals surface area (Å²) in [6.07, 6.45) is 0.578. The number of anilines is 1. The molecule has 2 aromatic rings. The zero-order chi connectivity index (χ0) is 19.3. The highest BCUT2D eigenvalue weighted by Crippen LogP contribution is 2.14. The van der Waals surface area contributed by atoms with E-state index in [1.54, 1.807) is 12.1 Å². The molecule has 0 aliphatic heterocycles. The third-order valence-electron chi connectivity index (χ3n) is 3.61. The Kier molecular flexibility index (Phi) is 5.94. The minimum Gasteiger partial charge on any atom is -0.497 e. The van der Waals surface area contributed by atoms with Crippen molar-refractivity contribution in [3.05, 3.63) is 56.2 Å². The molecule has 9 heteroatoms. The molecule has 0 atom stereocenters. The number of nitrogens with zero attached hydrogens (tertiary/aromatic N) is 1. The van der Waals surface area contributed by atoms with Gasteiger partial charge in [0.1, 0.15) is 17.1 Å². The molecule has 0 bridgehead atoms. The molecule has 26 heavy (non-hydrogen) atoms. The molecule has 9 nitrogen and oxygen atoms in total. The highest BCUT2D eigenvalue weighted by atomic mass is 16.5. The number of hydrogen-bond acceptors (Lipinski definition) is 7. The molecule has 0 amide bonds. The molecule has 0 aliphatic carbocycles. The van der Waals surface area contributed by atoms with Crippen LogP contribution < -0.4 is 21.7 Å². The van der Waals surface area contributed by atoms with Crippen LogP contribution in [0.2, 0.25) is 0 Å². The van der Waals surface area contributed by atoms with Crippen LogP contribution >= 0.6 is 0 Å². The van der Waals surface area contributed by atoms with Gasteiger partial charge in [-0.25, -0.2) is 9.59 Å². The zero-order valence-corrected chi connectivity index (χ0v) is 14.4. The van der Waals surface area contributed by atoms with Crippen molar-refractivity contribution in [3.8, 4) is 5.75 Å². The molecule has 1 heterocycles. The Bertz CT molecular complexity index is 944. The predicted octanol–water partition coefficient (Wildman–Crippen LogP) is 0.577. The Balaban J connectivity index is 2.20. The van der Waals surface area contributed by atoms with Gasteiger partial charge >= 0.3 is 11.7 Å². The number of benzene rings is 1. The number of carbonyl (C=O) groups excluding carboxylic acids is 2. The summed E-state index contributed by atoms with van der Waals surface area (Å²) in [4.78, 5) is 50.1. The largest absolute Gasteiger partial charge is 0.497 e. The number of aromatic nitrogens is 2. The zero-order valence-electron chi connectivity index (χ0n) is 14.4. The van der Waals surface area contributed by atoms with Gasteiger partial charge in [-0.15, -0.1) is 0 Å². The summed E-state index contributed by atoms with van der Waals surface area (Å²) in [7, 11) is 1.45. The van der Waals surface area contributed by atoms with E-state index in [1.165, 1.54) is 19.2 Å². The van der Waals surface area contributed by atoms with Crippen molar-refractivity contribution >= 4 is 17.6 Å². The van der Waals surface area contributed by atoms with E-state index >= 15 is 0 Å². The minimum absolute atomic E-state index is 0.190. The van der Waals surface area contributed by atoms with Crippen LogP contribution in [0.25, 0.3) is 0 Å². The molecule has 0 saturated heterocycles. The first-order valence-electron chi connectivity index (χ1n) is 7.86. The SMILES string of the molecule is CCCn1c(N)c(C(=O)COC(=O)c2cccc(OC)c2)c(=O)[nH]c1=O. The summed E-state index contributed by atoms with van der Waals surface area (Å²) in [5.74, 6) is -1.35. The average molecular weight is 361 g/mol. The third kappa shape index (κ3) is 4.00. The van der Waals surface area contributed by atoms with Crippen molar-refractivity contribution in [2.24, 2.45) is 0 Å². The van der Waals surface area contributed by atoms with E-state index < -0.39 is 35.2 Å². The monoisotopic (exact) mass is 361 g/mol. The molecular weight excluding hydrogens is 342 g/mol. The molecule has 0 radical (unpaired) electrons. The van der Waals surface area contributed by atoms with Gasteiger partial charge in [0.05, 0.1) is 12.7 Å². The van der Waals surface area contributed by atoms with Gasteiger partial charge in [0.25, 0.3) is 5.56 Å². The van der Waals surface area contributed by atoms with E-state index in [0.717, 1.165) is 4.57 Å². The smallest absolute Gasteiger partial charge is 0.338 e. The Morgan fingerprint density at radius 1 is 1.27 bits per heavy atom. The van der Waals surface area contributed by atoms with Crippen molar-refractivity contribution < 1.29 is 19.1 Å². The van der Waals surface area contributed by atoms with E-state index in [4.69, 9.17) is 15.2 Å². The molecule has 1 aromatic carbocycles. The van der Waals surface area contributed by atoms with E-state index in [1.807, 2.05) is 11.9 Å². The standard InChI is InChI=1S/C17H19N3O6/c1-3-7-20-14(18)13(15(22)19-17(20)24)12(21)9-26-16(23)10-5-4-6-11(8-10)25-2/h4-6,8H,3,7,9,18H2,1-2H3,(H,19,22,24). The number of ether oxygens (including phenoxy) is 2. The molecule has 138 valence electrons. The van der Waals surface area contributed by atoms with Gasteiger partial charge in [-0.05, 0) is 24.6 Å². The van der Waals surface area contributed by atoms with Gasteiger partial charge in [0.15, 0.2) is 6.61 Å². The van der Waals surface area contributed by atoms with Crippen LogP contribution in [0.5, 0.6) is 5.75 Å². The van der Waals surface area contributed by atoms with Gasteiger partial charge in [-0.1, -0.05) is 13.0 Å². The number of esters is 1. The first-order chi connectivity index (χ1) is 12.4. The lowest BCUT2D eigenvalue weighted by Crippen LogP contribution is -2.37. The van der Waals surface area contributed by atoms with E-state index in [-0.39, 0.29) is 17.9 Å². The van der Waals surface area contributed by atoms with Crippen LogP contribution in [-0.4, -0.2) is 35.0 Å². The van der Waals surface area contributed by atoms with E-state index in [2.05, 4.69) is 0 Å². The summed E-state index contributed by atoms with van der Waals surface area (Å²) < 4.78 is 11.0. The second-order valence-corrected chi connectivity index (χ2v) is 5.40. The Morgan fingerprint density at radius 3 is 2.65 bits per heavy atom. The van der Waals surface area contributed by atoms with Crippen LogP contribution in [0.4, 0.5) is 5.82 Å². The quantitative estimate of drug-likeness (QED) is 0.544. The fraction of sp³-hybridized carbons (Fsp3) is 0.294. The predicted molar refractivity (Wildman–Crippen MR) is 93.6 cm³/mol. The van der Waals surface area contributed by atoms with Crippen molar-refractivity contribution in [2.45, 2.75) is 19.9 Å². The molecule has 2 rings (SSSR count). The highest BCUT2D eigenvalue weighted by molar-refractivity contribution is 6.02. The maximum Gasteiger partial charge on any atom is 0.338 e. The number of carbonyl (C=O) groups is 2. The van der Waals surface area contributed by atoms with Gasteiger partial charge in [0.2, 0.25) is 5.78 Å². The van der Waals surface area contributed by atoms with Gasteiger partial charge in [-0.3, -0.25) is 19.1 Å². The second kappa shape index (κ2) is 8.15. The summed E-state index contributed by atoms with van der Waals surface area (Å²) in [6.45, 7) is 1.37. The molecule has 0 spiro atoms. The normalized spacial score (nSPS) is 10.4. The maximum absolute atomic E-state index is 12.3. The topological polar surface area (TPSA) is 133 Å². The maximum atomic E-state index is 12.3. The number of rotatable bonds is 7. The number of aromatic amines is 1. The molecular formula is C17H19N3O6. The number of ketones is 1. The van der Waals surface area contributed by atoms with E-state index in [9.17, 15) is 19.2 Å². The van der Waals surface area contributed by atoms with Crippen LogP contribution in [0.3, 0.4) is 0 Å². The molecule has 0 aliphatic rings. The van der Waals surface area contributed by atoms with Gasteiger partial charge < -0.3 is 15.2 Å². The number of nitrogens with one attached hydrogen (secondary N) is 1. The number of nitrogen functional groups attached to an aromatic ring is 1. The Hall–Kier alpha value is -3.36. The lowest BCUT2D eigenvalue weighted by atomic mass is 10.2. The Morgan fingerprint density at radius 2 is 2.00 bits per heavy atom. The van der Waals surface area contributed by atoms with Crippen molar-refractivity contribution in [1.29, 1.82) is 0 Å². The van der Waals surface area contributed by atoms with E-state index in [0.29, 0.717) is 12.2 Å². The van der Waals surface area contributed by atoms with Gasteiger partial charge in [-0.2, -0.15) is 0 Å². The highest BCUT2D eigenvalue weighted by Gasteiger charge is 2.21. The number of hydrogen-bond donors (Lipinski definition) is 2. The van der Waals surface area contributed by atoms with Crippen LogP contribution in [0, 0.1) is 0 Å². The molecule has 0 fully saturated rings. The lowest BCUT2D eigenvalue weighted by Gasteiger charge is -2.11. The van der Waals surface area contributed by atoms with Crippen LogP contribution in [0.1, 0.15) is 34.1 Å². The number of H-pyrrole nitrogens is 1. The first-order valence-corrected chi connectivity index (χ1v) is 7.86. The average Bonchev–Trinajstić information content (AvgIpc) is 2.63. The summed E-state index contributed by atoms with van der Waals surface area (Å²) in [6, 6.07) is 6.20. The Labute approximate surface area is 148 Å². The van der Waals surface area contributed by atoms with Gasteiger partial charge in [0, 0.05) is 6.54 Å². The second-order valence-electron chi connectivity index (χ2n) is 5.40. The lowest BCUT2D eigenvalue weighted by molar-refractivity contribution is 0.0474. The van der Waals surface area contributed by atoms with Crippen LogP contribution in [0.15, 0.2) is 33.9 Å². The summed E-state index contributed by atoms with van der Waals surface area (Å²) in [5.41, 5.74) is 3.97. The molecule has 0 unspecified atom stereocenters. The third-order valence-corrected chi connectivity index (χ3v) is 3.61. The summed E-state index contributed by atoms with van der Waals surface area (Å²) >= 11 is 0. The number of nitrogens with two attached hydrogens (primary N) is 1. The molecule has 0 saturated carbocycles. The van der Waals surface area contributed by atoms with Crippen LogP contribution in [-0.2, 0) is 11.3 Å². The first kappa shape index (κ1) is 19.0. The van der Waals surface area contributed by atoms with Crippen molar-refractivity contribution in [3.63, 3.8) is 0 Å².